The molecule has 0 unspecified atom stereocenters. The van der Waals surface area contributed by atoms with Gasteiger partial charge in [-0.05, 0) is 19.4 Å². The second-order valence-electron chi connectivity index (χ2n) is 4.32. The van der Waals surface area contributed by atoms with Gasteiger partial charge in [0.1, 0.15) is 6.04 Å². The normalized spacial score (nSPS) is 22.1. The zero-order valence-corrected chi connectivity index (χ0v) is 9.64. The molecule has 0 radical (unpaired) electrons. The number of ether oxygens (including phenoxy) is 1. The van der Waals surface area contributed by atoms with Gasteiger partial charge in [0, 0.05) is 18.7 Å². The van der Waals surface area contributed by atoms with Gasteiger partial charge in [0.25, 0.3) is 0 Å². The number of carbonyl (C=O) groups is 1. The van der Waals surface area contributed by atoms with Crippen LogP contribution >= 0.6 is 0 Å². The lowest BCUT2D eigenvalue weighted by Gasteiger charge is -2.16. The first kappa shape index (κ1) is 11.1. The molecule has 0 saturated carbocycles. The highest BCUT2D eigenvalue weighted by Gasteiger charge is 2.27. The van der Waals surface area contributed by atoms with Gasteiger partial charge in [0.2, 0.25) is 0 Å². The first-order valence-corrected chi connectivity index (χ1v) is 5.57. The van der Waals surface area contributed by atoms with E-state index in [9.17, 15) is 4.79 Å². The predicted octanol–water partition coefficient (Wildman–Crippen LogP) is 0.485. The van der Waals surface area contributed by atoms with E-state index in [4.69, 9.17) is 4.74 Å². The molecule has 16 heavy (non-hydrogen) atoms. The second-order valence-corrected chi connectivity index (χ2v) is 4.32. The quantitative estimate of drug-likeness (QED) is 0.755. The van der Waals surface area contributed by atoms with Gasteiger partial charge in [0.05, 0.1) is 19.3 Å². The van der Waals surface area contributed by atoms with Crippen LogP contribution in [0.2, 0.25) is 0 Å². The van der Waals surface area contributed by atoms with E-state index in [1.807, 2.05) is 30.9 Å². The van der Waals surface area contributed by atoms with Crippen LogP contribution in [0.1, 0.15) is 18.9 Å². The Hall–Kier alpha value is -1.36. The van der Waals surface area contributed by atoms with E-state index in [2.05, 4.69) is 10.4 Å². The van der Waals surface area contributed by atoms with Crippen molar-refractivity contribution in [2.24, 2.45) is 0 Å². The standard InChI is InChI=1S/C11H17N3O2/c1-8-5-12-14(6-8)7-9(2)13-10-3-4-16-11(10)15/h5-6,9-10,13H,3-4,7H2,1-2H3/t9-,10-/m0/s1. The summed E-state index contributed by atoms with van der Waals surface area (Å²) in [5.41, 5.74) is 1.15. The molecule has 2 atom stereocenters. The van der Waals surface area contributed by atoms with Crippen molar-refractivity contribution < 1.29 is 9.53 Å². The Morgan fingerprint density at radius 2 is 2.56 bits per heavy atom. The number of nitrogens with zero attached hydrogens (tertiary/aromatic N) is 2. The van der Waals surface area contributed by atoms with Crippen molar-refractivity contribution in [2.75, 3.05) is 6.61 Å². The number of nitrogens with one attached hydrogen (secondary N) is 1. The lowest BCUT2D eigenvalue weighted by Crippen LogP contribution is -2.41. The molecule has 1 saturated heterocycles. The predicted molar refractivity (Wildman–Crippen MR) is 58.9 cm³/mol. The molecule has 5 nitrogen and oxygen atoms in total. The maximum absolute atomic E-state index is 11.3. The summed E-state index contributed by atoms with van der Waals surface area (Å²) in [6.45, 7) is 5.35. The Balaban J connectivity index is 1.84. The smallest absolute Gasteiger partial charge is 0.323 e. The number of hydrogen-bond donors (Lipinski definition) is 1. The monoisotopic (exact) mass is 223 g/mol. The molecule has 5 heteroatoms. The third kappa shape index (κ3) is 2.61. The van der Waals surface area contributed by atoms with Crippen LogP contribution in [0, 0.1) is 6.92 Å². The Morgan fingerprint density at radius 3 is 3.12 bits per heavy atom. The van der Waals surface area contributed by atoms with Crippen LogP contribution in [-0.4, -0.2) is 34.4 Å². The Morgan fingerprint density at radius 1 is 1.75 bits per heavy atom. The van der Waals surface area contributed by atoms with Crippen molar-refractivity contribution >= 4 is 5.97 Å². The third-order valence-electron chi connectivity index (χ3n) is 2.64. The Bertz CT molecular complexity index is 375. The highest BCUT2D eigenvalue weighted by Crippen LogP contribution is 2.07. The number of rotatable bonds is 4. The van der Waals surface area contributed by atoms with E-state index in [1.165, 1.54) is 0 Å². The van der Waals surface area contributed by atoms with Crippen LogP contribution in [-0.2, 0) is 16.1 Å². The minimum absolute atomic E-state index is 0.136. The number of carbonyl (C=O) groups excluding carboxylic acids is 1. The minimum atomic E-state index is -0.147. The lowest BCUT2D eigenvalue weighted by atomic mass is 10.2. The molecular formula is C11H17N3O2. The van der Waals surface area contributed by atoms with E-state index in [-0.39, 0.29) is 18.1 Å². The largest absolute Gasteiger partial charge is 0.464 e. The average Bonchev–Trinajstić information content (AvgIpc) is 2.77. The van der Waals surface area contributed by atoms with Crippen LogP contribution in [0.5, 0.6) is 0 Å². The molecule has 1 fully saturated rings. The summed E-state index contributed by atoms with van der Waals surface area (Å²) in [5, 5.41) is 7.46. The van der Waals surface area contributed by atoms with Gasteiger partial charge in [-0.1, -0.05) is 0 Å². The fraction of sp³-hybridized carbons (Fsp3) is 0.636. The molecule has 0 aliphatic carbocycles. The molecule has 1 aromatic heterocycles. The van der Waals surface area contributed by atoms with Crippen LogP contribution < -0.4 is 5.32 Å². The summed E-state index contributed by atoms with van der Waals surface area (Å²) in [4.78, 5) is 11.3. The molecule has 88 valence electrons. The summed E-state index contributed by atoms with van der Waals surface area (Å²) in [6, 6.07) is 0.0570. The van der Waals surface area contributed by atoms with Gasteiger partial charge < -0.3 is 4.74 Å². The van der Waals surface area contributed by atoms with Crippen molar-refractivity contribution in [1.29, 1.82) is 0 Å². The second kappa shape index (κ2) is 4.65. The zero-order valence-electron chi connectivity index (χ0n) is 9.64. The van der Waals surface area contributed by atoms with Crippen LogP contribution in [0.15, 0.2) is 12.4 Å². The first-order chi connectivity index (χ1) is 7.65. The van der Waals surface area contributed by atoms with Gasteiger partial charge in [-0.2, -0.15) is 5.10 Å². The molecule has 0 amide bonds. The van der Waals surface area contributed by atoms with Crippen molar-refractivity contribution in [2.45, 2.75) is 38.9 Å². The molecule has 1 aromatic rings. The zero-order chi connectivity index (χ0) is 11.5. The molecule has 2 heterocycles. The lowest BCUT2D eigenvalue weighted by molar-refractivity contribution is -0.139. The van der Waals surface area contributed by atoms with Gasteiger partial charge >= 0.3 is 5.97 Å². The van der Waals surface area contributed by atoms with Gasteiger partial charge in [-0.25, -0.2) is 0 Å². The number of aryl methyl sites for hydroxylation is 1. The minimum Gasteiger partial charge on any atom is -0.464 e. The number of cyclic esters (lactones) is 1. The van der Waals surface area contributed by atoms with Crippen LogP contribution in [0.4, 0.5) is 0 Å². The Labute approximate surface area is 94.8 Å². The van der Waals surface area contributed by atoms with E-state index in [1.54, 1.807) is 0 Å². The summed E-state index contributed by atoms with van der Waals surface area (Å²) in [5.74, 6) is -0.136. The van der Waals surface area contributed by atoms with E-state index >= 15 is 0 Å². The molecule has 1 aliphatic heterocycles. The third-order valence-corrected chi connectivity index (χ3v) is 2.64. The van der Waals surface area contributed by atoms with Crippen molar-refractivity contribution in [3.05, 3.63) is 18.0 Å². The summed E-state index contributed by atoms with van der Waals surface area (Å²) in [7, 11) is 0. The average molecular weight is 223 g/mol. The molecule has 1 aliphatic rings. The maximum atomic E-state index is 11.3. The van der Waals surface area contributed by atoms with E-state index in [0.717, 1.165) is 18.5 Å². The van der Waals surface area contributed by atoms with Gasteiger partial charge in [0.15, 0.2) is 0 Å². The maximum Gasteiger partial charge on any atom is 0.323 e. The Kier molecular flexibility index (Phi) is 3.24. The summed E-state index contributed by atoms with van der Waals surface area (Å²) in [6.07, 6.45) is 4.59. The first-order valence-electron chi connectivity index (χ1n) is 5.57. The summed E-state index contributed by atoms with van der Waals surface area (Å²) < 4.78 is 6.78. The number of hydrogen-bond acceptors (Lipinski definition) is 4. The molecule has 0 spiro atoms. The van der Waals surface area contributed by atoms with Gasteiger partial charge in [-0.15, -0.1) is 0 Å². The van der Waals surface area contributed by atoms with Crippen molar-refractivity contribution in [3.63, 3.8) is 0 Å². The topological polar surface area (TPSA) is 56.1 Å². The fourth-order valence-corrected chi connectivity index (χ4v) is 1.89. The van der Waals surface area contributed by atoms with E-state index < -0.39 is 0 Å². The van der Waals surface area contributed by atoms with Gasteiger partial charge in [-0.3, -0.25) is 14.8 Å². The number of esters is 1. The van der Waals surface area contributed by atoms with E-state index in [0.29, 0.717) is 6.61 Å². The molecular weight excluding hydrogens is 206 g/mol. The fourth-order valence-electron chi connectivity index (χ4n) is 1.89. The SMILES string of the molecule is Cc1cnn(C[C@H](C)N[C@H]2CCOC2=O)c1. The van der Waals surface area contributed by atoms with Crippen molar-refractivity contribution in [3.8, 4) is 0 Å². The molecule has 1 N–H and O–H groups in total. The molecule has 2 rings (SSSR count). The van der Waals surface area contributed by atoms with Crippen molar-refractivity contribution in [1.82, 2.24) is 15.1 Å². The molecule has 0 aromatic carbocycles. The van der Waals surface area contributed by atoms with Crippen LogP contribution in [0.3, 0.4) is 0 Å². The highest BCUT2D eigenvalue weighted by molar-refractivity contribution is 5.77. The molecule has 0 bridgehead atoms. The summed E-state index contributed by atoms with van der Waals surface area (Å²) >= 11 is 0. The highest BCUT2D eigenvalue weighted by atomic mass is 16.5. The van der Waals surface area contributed by atoms with Crippen LogP contribution in [0.25, 0.3) is 0 Å². The number of aromatic nitrogens is 2.